The normalized spacial score (nSPS) is 9.73. The monoisotopic (exact) mass is 270 g/mol. The number of carbonyl (C=O) groups excluding carboxylic acids is 1. The number of anilines is 1. The van der Waals surface area contributed by atoms with Crippen molar-refractivity contribution in [2.75, 3.05) is 12.3 Å². The first-order valence-corrected chi connectivity index (χ1v) is 5.13. The lowest BCUT2D eigenvalue weighted by Gasteiger charge is -2.07. The van der Waals surface area contributed by atoms with Crippen molar-refractivity contribution in [1.82, 2.24) is 4.98 Å². The first-order valence-electron chi connectivity index (χ1n) is 4.33. The molecule has 1 rings (SSSR count). The summed E-state index contributed by atoms with van der Waals surface area (Å²) in [7, 11) is 0. The second-order valence-corrected chi connectivity index (χ2v) is 3.61. The first-order chi connectivity index (χ1) is 7.06. The zero-order valence-electron chi connectivity index (χ0n) is 8.29. The van der Waals surface area contributed by atoms with E-state index in [0.717, 1.165) is 0 Å². The summed E-state index contributed by atoms with van der Waals surface area (Å²) in [6, 6.07) is 1.61. The zero-order valence-corrected chi connectivity index (χ0v) is 9.87. The van der Waals surface area contributed by atoms with E-state index in [1.54, 1.807) is 13.0 Å². The van der Waals surface area contributed by atoms with Gasteiger partial charge in [0.2, 0.25) is 0 Å². The van der Waals surface area contributed by atoms with E-state index in [1.165, 1.54) is 6.20 Å². The van der Waals surface area contributed by atoms with Gasteiger partial charge in [-0.25, -0.2) is 9.78 Å². The molecule has 0 aromatic carbocycles. The van der Waals surface area contributed by atoms with Crippen molar-refractivity contribution in [3.8, 4) is 0 Å². The minimum absolute atomic E-state index is 0.217. The Labute approximate surface area is 96.3 Å². The Hall–Kier alpha value is -1.36. The van der Waals surface area contributed by atoms with E-state index in [4.69, 9.17) is 10.5 Å². The topological polar surface area (TPSA) is 65.2 Å². The average molecular weight is 271 g/mol. The highest BCUT2D eigenvalue weighted by Crippen LogP contribution is 2.22. The molecule has 0 aliphatic carbocycles. The molecule has 5 heteroatoms. The van der Waals surface area contributed by atoms with Crippen molar-refractivity contribution in [2.24, 2.45) is 0 Å². The molecule has 0 amide bonds. The highest BCUT2D eigenvalue weighted by Gasteiger charge is 2.13. The minimum Gasteiger partial charge on any atom is -0.462 e. The van der Waals surface area contributed by atoms with Gasteiger partial charge in [-0.3, -0.25) is 0 Å². The second-order valence-electron chi connectivity index (χ2n) is 2.79. The van der Waals surface area contributed by atoms with Crippen LogP contribution in [0.5, 0.6) is 0 Å². The van der Waals surface area contributed by atoms with Crippen LogP contribution < -0.4 is 5.73 Å². The highest BCUT2D eigenvalue weighted by atomic mass is 79.9. The Morgan fingerprint density at radius 2 is 2.40 bits per heavy atom. The molecular formula is C10H11BrN2O2. The predicted octanol–water partition coefficient (Wildman–Crippen LogP) is 2.00. The Kier molecular flexibility index (Phi) is 3.85. The Bertz CT molecular complexity index is 404. The summed E-state index contributed by atoms with van der Waals surface area (Å²) in [6.07, 6.45) is 1.48. The van der Waals surface area contributed by atoms with Crippen LogP contribution in [0.25, 0.3) is 5.57 Å². The van der Waals surface area contributed by atoms with Crippen LogP contribution in [-0.4, -0.2) is 17.6 Å². The van der Waals surface area contributed by atoms with E-state index < -0.39 is 5.97 Å². The van der Waals surface area contributed by atoms with E-state index in [-0.39, 0.29) is 5.57 Å². The molecule has 80 valence electrons. The van der Waals surface area contributed by atoms with Crippen LogP contribution in [0, 0.1) is 0 Å². The fourth-order valence-corrected chi connectivity index (χ4v) is 1.37. The number of hydrogen-bond donors (Lipinski definition) is 1. The van der Waals surface area contributed by atoms with E-state index in [2.05, 4.69) is 27.5 Å². The van der Waals surface area contributed by atoms with Crippen LogP contribution in [0.4, 0.5) is 5.69 Å². The van der Waals surface area contributed by atoms with Crippen LogP contribution >= 0.6 is 15.9 Å². The summed E-state index contributed by atoms with van der Waals surface area (Å²) in [4.78, 5) is 15.3. The van der Waals surface area contributed by atoms with Gasteiger partial charge >= 0.3 is 5.97 Å². The van der Waals surface area contributed by atoms with Crippen LogP contribution in [0.2, 0.25) is 0 Å². The third kappa shape index (κ3) is 2.79. The van der Waals surface area contributed by atoms with Gasteiger partial charge in [0.1, 0.15) is 4.60 Å². The van der Waals surface area contributed by atoms with E-state index in [9.17, 15) is 4.79 Å². The molecule has 15 heavy (non-hydrogen) atoms. The fraction of sp³-hybridized carbons (Fsp3) is 0.200. The van der Waals surface area contributed by atoms with Crippen molar-refractivity contribution in [2.45, 2.75) is 6.92 Å². The molecule has 0 aliphatic rings. The largest absolute Gasteiger partial charge is 0.462 e. The number of rotatable bonds is 3. The van der Waals surface area contributed by atoms with Crippen molar-refractivity contribution < 1.29 is 9.53 Å². The molecule has 0 spiro atoms. The van der Waals surface area contributed by atoms with E-state index in [1.807, 2.05) is 0 Å². The van der Waals surface area contributed by atoms with Gasteiger partial charge in [-0.1, -0.05) is 6.58 Å². The van der Waals surface area contributed by atoms with Gasteiger partial charge in [0.05, 0.1) is 12.2 Å². The van der Waals surface area contributed by atoms with E-state index in [0.29, 0.717) is 22.5 Å². The molecule has 1 heterocycles. The molecule has 0 saturated carbocycles. The third-order valence-electron chi connectivity index (χ3n) is 1.75. The standard InChI is InChI=1S/C10H11BrN2O2/c1-3-15-10(14)6(2)7-5-13-9(11)4-8(7)12/h4-5H,2-3H2,1H3,(H2,12,13). The fourth-order valence-electron chi connectivity index (χ4n) is 1.02. The van der Waals surface area contributed by atoms with Crippen molar-refractivity contribution in [1.29, 1.82) is 0 Å². The molecule has 1 aromatic rings. The number of nitrogens with zero attached hydrogens (tertiary/aromatic N) is 1. The summed E-state index contributed by atoms with van der Waals surface area (Å²) in [6.45, 7) is 5.66. The number of nitrogens with two attached hydrogens (primary N) is 1. The summed E-state index contributed by atoms with van der Waals surface area (Å²) < 4.78 is 5.42. The predicted molar refractivity (Wildman–Crippen MR) is 62.0 cm³/mol. The number of aromatic nitrogens is 1. The lowest BCUT2D eigenvalue weighted by Crippen LogP contribution is -2.08. The van der Waals surface area contributed by atoms with Crippen LogP contribution in [-0.2, 0) is 9.53 Å². The molecule has 2 N–H and O–H groups in total. The maximum atomic E-state index is 11.4. The maximum absolute atomic E-state index is 11.4. The Morgan fingerprint density at radius 1 is 1.73 bits per heavy atom. The number of pyridine rings is 1. The Balaban J connectivity index is 2.96. The molecule has 0 unspecified atom stereocenters. The number of nitrogen functional groups attached to an aromatic ring is 1. The highest BCUT2D eigenvalue weighted by molar-refractivity contribution is 9.10. The number of esters is 1. The lowest BCUT2D eigenvalue weighted by atomic mass is 10.1. The molecule has 0 radical (unpaired) electrons. The van der Waals surface area contributed by atoms with Gasteiger partial charge in [-0.15, -0.1) is 0 Å². The van der Waals surface area contributed by atoms with Crippen LogP contribution in [0.1, 0.15) is 12.5 Å². The maximum Gasteiger partial charge on any atom is 0.338 e. The molecule has 0 fully saturated rings. The van der Waals surface area contributed by atoms with Gasteiger partial charge in [0.15, 0.2) is 0 Å². The van der Waals surface area contributed by atoms with Crippen LogP contribution in [0.3, 0.4) is 0 Å². The first kappa shape index (κ1) is 11.7. The minimum atomic E-state index is -0.478. The van der Waals surface area contributed by atoms with Gasteiger partial charge in [-0.05, 0) is 28.9 Å². The second kappa shape index (κ2) is 4.93. The summed E-state index contributed by atoms with van der Waals surface area (Å²) >= 11 is 3.18. The summed E-state index contributed by atoms with van der Waals surface area (Å²) in [5.41, 5.74) is 6.87. The molecule has 1 aromatic heterocycles. The zero-order chi connectivity index (χ0) is 11.4. The summed E-state index contributed by atoms with van der Waals surface area (Å²) in [5.74, 6) is -0.478. The Morgan fingerprint density at radius 3 is 2.93 bits per heavy atom. The molecule has 0 bridgehead atoms. The lowest BCUT2D eigenvalue weighted by molar-refractivity contribution is -0.136. The molecule has 0 saturated heterocycles. The van der Waals surface area contributed by atoms with E-state index >= 15 is 0 Å². The molecule has 4 nitrogen and oxygen atoms in total. The quantitative estimate of drug-likeness (QED) is 0.518. The van der Waals surface area contributed by atoms with Gasteiger partial charge < -0.3 is 10.5 Å². The van der Waals surface area contributed by atoms with Gasteiger partial charge in [-0.2, -0.15) is 0 Å². The number of hydrogen-bond acceptors (Lipinski definition) is 4. The van der Waals surface area contributed by atoms with Crippen molar-refractivity contribution in [3.63, 3.8) is 0 Å². The average Bonchev–Trinajstić information content (AvgIpc) is 2.17. The third-order valence-corrected chi connectivity index (χ3v) is 2.18. The molecule has 0 atom stereocenters. The number of ether oxygens (including phenoxy) is 1. The van der Waals surface area contributed by atoms with Gasteiger partial charge in [0, 0.05) is 17.4 Å². The SMILES string of the molecule is C=C(C(=O)OCC)c1cnc(Br)cc1N. The molecular weight excluding hydrogens is 260 g/mol. The number of halogens is 1. The van der Waals surface area contributed by atoms with Crippen molar-refractivity contribution in [3.05, 3.63) is 29.0 Å². The van der Waals surface area contributed by atoms with Gasteiger partial charge in [0.25, 0.3) is 0 Å². The molecule has 0 aliphatic heterocycles. The summed E-state index contributed by atoms with van der Waals surface area (Å²) in [5, 5.41) is 0. The van der Waals surface area contributed by atoms with Crippen molar-refractivity contribution >= 4 is 33.2 Å². The smallest absolute Gasteiger partial charge is 0.338 e. The number of carbonyl (C=O) groups is 1. The van der Waals surface area contributed by atoms with Crippen LogP contribution in [0.15, 0.2) is 23.4 Å².